The van der Waals surface area contributed by atoms with E-state index in [9.17, 15) is 0 Å². The SMILES string of the molecule is CCCO[As]1Oc2c(Br)c(Br)c(Br)c(Br)c2O1. The number of halogens is 4. The maximum absolute atomic E-state index is 5.73. The molecule has 1 aromatic rings. The van der Waals surface area contributed by atoms with E-state index >= 15 is 0 Å². The predicted molar refractivity (Wildman–Crippen MR) is 80.5 cm³/mol. The van der Waals surface area contributed by atoms with Crippen molar-refractivity contribution in [2.75, 3.05) is 6.61 Å². The normalized spacial score (nSPS) is 14.4. The molecule has 1 aliphatic rings. The molecular weight excluding hydrogens is 551 g/mol. The van der Waals surface area contributed by atoms with Crippen molar-refractivity contribution in [1.82, 2.24) is 0 Å². The third-order valence-electron chi connectivity index (χ3n) is 1.92. The van der Waals surface area contributed by atoms with Gasteiger partial charge in [0.05, 0.1) is 0 Å². The van der Waals surface area contributed by atoms with Crippen molar-refractivity contribution in [3.8, 4) is 11.5 Å². The number of rotatable bonds is 3. The monoisotopic (exact) mass is 554 g/mol. The van der Waals surface area contributed by atoms with E-state index in [0.29, 0.717) is 18.1 Å². The van der Waals surface area contributed by atoms with Gasteiger partial charge in [-0.3, -0.25) is 0 Å². The summed E-state index contributed by atoms with van der Waals surface area (Å²) in [6.45, 7) is 2.71. The van der Waals surface area contributed by atoms with Gasteiger partial charge in [0.1, 0.15) is 0 Å². The van der Waals surface area contributed by atoms with Crippen LogP contribution in [-0.4, -0.2) is 22.3 Å². The minimum absolute atomic E-state index is 0.658. The zero-order valence-corrected chi connectivity index (χ0v) is 16.8. The first kappa shape index (κ1) is 14.7. The molecule has 0 spiro atoms. The first-order valence-electron chi connectivity index (χ1n) is 4.71. The van der Waals surface area contributed by atoms with Gasteiger partial charge < -0.3 is 0 Å². The first-order chi connectivity index (χ1) is 8.06. The third-order valence-corrected chi connectivity index (χ3v) is 8.83. The average molecular weight is 558 g/mol. The Hall–Kier alpha value is 1.26. The Morgan fingerprint density at radius 3 is 1.82 bits per heavy atom. The average Bonchev–Trinajstić information content (AvgIpc) is 2.75. The number of fused-ring (bicyclic) bond motifs is 1. The molecule has 0 bridgehead atoms. The standard InChI is InChI=1S/C9H7AsBr4O3/c1-2-3-15-10-16-8-6(13)4(11)5(12)7(14)9(8)17-10/h2-3H2,1H3. The van der Waals surface area contributed by atoms with Crippen molar-refractivity contribution in [1.29, 1.82) is 0 Å². The number of hydrogen-bond acceptors (Lipinski definition) is 3. The minimum atomic E-state index is -2.16. The molecule has 1 aliphatic heterocycles. The van der Waals surface area contributed by atoms with Gasteiger partial charge in [0, 0.05) is 0 Å². The fourth-order valence-electron chi connectivity index (χ4n) is 1.14. The Balaban J connectivity index is 2.32. The van der Waals surface area contributed by atoms with Crippen LogP contribution < -0.4 is 7.45 Å². The second-order valence-electron chi connectivity index (χ2n) is 3.15. The molecule has 1 heterocycles. The Labute approximate surface area is 138 Å². The molecule has 0 saturated carbocycles. The number of benzene rings is 1. The molecule has 0 aliphatic carbocycles. The molecular formula is C9H7AsBr4O3. The first-order valence-corrected chi connectivity index (χ1v) is 10.2. The van der Waals surface area contributed by atoms with Crippen LogP contribution in [0.2, 0.25) is 0 Å². The third kappa shape index (κ3) is 2.89. The second-order valence-corrected chi connectivity index (χ2v) is 8.57. The van der Waals surface area contributed by atoms with Crippen molar-refractivity contribution >= 4 is 79.4 Å². The second kappa shape index (κ2) is 6.14. The summed E-state index contributed by atoms with van der Waals surface area (Å²) in [4.78, 5) is 0. The molecule has 0 amide bonds. The van der Waals surface area contributed by atoms with E-state index in [2.05, 4.69) is 70.6 Å². The summed E-state index contributed by atoms with van der Waals surface area (Å²) >= 11 is 11.7. The topological polar surface area (TPSA) is 27.7 Å². The van der Waals surface area contributed by atoms with Gasteiger partial charge in [-0.2, -0.15) is 0 Å². The van der Waals surface area contributed by atoms with E-state index in [1.807, 2.05) is 0 Å². The van der Waals surface area contributed by atoms with Gasteiger partial charge in [-0.05, 0) is 0 Å². The van der Waals surface area contributed by atoms with Gasteiger partial charge >= 0.3 is 140 Å². The van der Waals surface area contributed by atoms with Crippen LogP contribution in [0.15, 0.2) is 17.9 Å². The fraction of sp³-hybridized carbons (Fsp3) is 0.333. The Morgan fingerprint density at radius 1 is 0.941 bits per heavy atom. The van der Waals surface area contributed by atoms with Crippen LogP contribution in [0.1, 0.15) is 13.3 Å². The van der Waals surface area contributed by atoms with Crippen molar-refractivity contribution in [2.24, 2.45) is 0 Å². The molecule has 0 saturated heterocycles. The van der Waals surface area contributed by atoms with E-state index in [4.69, 9.17) is 11.2 Å². The van der Waals surface area contributed by atoms with Crippen LogP contribution in [0, 0.1) is 0 Å². The zero-order valence-electron chi connectivity index (χ0n) is 8.60. The van der Waals surface area contributed by atoms with Crippen LogP contribution in [0.5, 0.6) is 11.5 Å². The summed E-state index contributed by atoms with van der Waals surface area (Å²) in [6.07, 6.45) is 0.948. The van der Waals surface area contributed by atoms with Gasteiger partial charge in [-0.15, -0.1) is 0 Å². The summed E-state index contributed by atoms with van der Waals surface area (Å²) < 4.78 is 20.5. The summed E-state index contributed by atoms with van der Waals surface area (Å²) in [5.41, 5.74) is 0. The summed E-state index contributed by atoms with van der Waals surface area (Å²) in [7, 11) is 0. The maximum atomic E-state index is 5.73. The molecule has 3 nitrogen and oxygen atoms in total. The van der Waals surface area contributed by atoms with Gasteiger partial charge in [-0.1, -0.05) is 0 Å². The molecule has 94 valence electrons. The van der Waals surface area contributed by atoms with Crippen molar-refractivity contribution < 1.29 is 11.2 Å². The molecule has 0 fully saturated rings. The fourth-order valence-corrected chi connectivity index (χ4v) is 6.24. The molecule has 0 aromatic heterocycles. The Bertz CT molecular complexity index is 418. The predicted octanol–water partition coefficient (Wildman–Crippen LogP) is 4.92. The van der Waals surface area contributed by atoms with Gasteiger partial charge in [0.15, 0.2) is 0 Å². The molecule has 0 N–H and O–H groups in total. The summed E-state index contributed by atoms with van der Waals surface area (Å²) in [6, 6.07) is 0. The van der Waals surface area contributed by atoms with Gasteiger partial charge in [-0.25, -0.2) is 0 Å². The van der Waals surface area contributed by atoms with Crippen molar-refractivity contribution in [2.45, 2.75) is 13.3 Å². The molecule has 8 heteroatoms. The van der Waals surface area contributed by atoms with E-state index in [1.165, 1.54) is 0 Å². The summed E-state index contributed by atoms with van der Waals surface area (Å²) in [5.74, 6) is 1.39. The van der Waals surface area contributed by atoms with Crippen LogP contribution in [0.25, 0.3) is 0 Å². The van der Waals surface area contributed by atoms with Gasteiger partial charge in [0.25, 0.3) is 0 Å². The quantitative estimate of drug-likeness (QED) is 0.300. The Kier molecular flexibility index (Phi) is 5.30. The molecule has 17 heavy (non-hydrogen) atoms. The molecule has 0 atom stereocenters. The van der Waals surface area contributed by atoms with E-state index in [1.54, 1.807) is 0 Å². The molecule has 0 radical (unpaired) electrons. The van der Waals surface area contributed by atoms with E-state index in [0.717, 1.165) is 24.3 Å². The Morgan fingerprint density at radius 2 is 1.41 bits per heavy atom. The van der Waals surface area contributed by atoms with E-state index < -0.39 is 15.7 Å². The zero-order chi connectivity index (χ0) is 12.6. The van der Waals surface area contributed by atoms with E-state index in [-0.39, 0.29) is 0 Å². The summed E-state index contributed by atoms with van der Waals surface area (Å²) in [5, 5.41) is 0. The van der Waals surface area contributed by atoms with Crippen molar-refractivity contribution in [3.05, 3.63) is 17.9 Å². The van der Waals surface area contributed by atoms with Gasteiger partial charge in [0.2, 0.25) is 0 Å². The van der Waals surface area contributed by atoms with Crippen LogP contribution in [0.4, 0.5) is 0 Å². The number of hydrogen-bond donors (Lipinski definition) is 0. The van der Waals surface area contributed by atoms with Crippen LogP contribution >= 0.6 is 63.7 Å². The molecule has 1 aromatic carbocycles. The van der Waals surface area contributed by atoms with Crippen LogP contribution in [-0.2, 0) is 3.73 Å². The van der Waals surface area contributed by atoms with Crippen LogP contribution in [0.3, 0.4) is 0 Å². The molecule has 2 rings (SSSR count). The van der Waals surface area contributed by atoms with Crippen molar-refractivity contribution in [3.63, 3.8) is 0 Å². The molecule has 0 unspecified atom stereocenters.